The van der Waals surface area contributed by atoms with Crippen molar-refractivity contribution in [1.82, 2.24) is 0 Å². The Balaban J connectivity index is 2.36. The third-order valence-corrected chi connectivity index (χ3v) is 3.66. The van der Waals surface area contributed by atoms with Gasteiger partial charge in [-0.25, -0.2) is 0 Å². The average molecular weight is 218 g/mol. The van der Waals surface area contributed by atoms with Gasteiger partial charge in [0.05, 0.1) is 12.5 Å². The summed E-state index contributed by atoms with van der Waals surface area (Å²) < 4.78 is 4.97. The van der Waals surface area contributed by atoms with Crippen LogP contribution in [-0.2, 0) is 14.9 Å². The van der Waals surface area contributed by atoms with Crippen molar-refractivity contribution in [1.29, 1.82) is 0 Å². The summed E-state index contributed by atoms with van der Waals surface area (Å²) in [4.78, 5) is 12.0. The second kappa shape index (κ2) is 3.93. The van der Waals surface area contributed by atoms with E-state index >= 15 is 0 Å². The van der Waals surface area contributed by atoms with E-state index in [0.29, 0.717) is 11.8 Å². The molecule has 0 aromatic heterocycles. The van der Waals surface area contributed by atoms with Crippen LogP contribution >= 0.6 is 0 Å². The zero-order valence-electron chi connectivity index (χ0n) is 10.1. The minimum atomic E-state index is -0.371. The first kappa shape index (κ1) is 11.2. The zero-order chi connectivity index (χ0) is 11.8. The summed E-state index contributed by atoms with van der Waals surface area (Å²) in [5, 5.41) is 0. The van der Waals surface area contributed by atoms with Crippen LogP contribution in [-0.4, -0.2) is 13.1 Å². The van der Waals surface area contributed by atoms with Gasteiger partial charge in [-0.05, 0) is 23.8 Å². The van der Waals surface area contributed by atoms with Crippen molar-refractivity contribution in [3.05, 3.63) is 35.9 Å². The molecule has 2 nitrogen and oxygen atoms in total. The molecule has 1 saturated carbocycles. The van der Waals surface area contributed by atoms with Crippen LogP contribution in [0, 0.1) is 11.8 Å². The van der Waals surface area contributed by atoms with E-state index in [4.69, 9.17) is 4.74 Å². The molecule has 0 bridgehead atoms. The summed E-state index contributed by atoms with van der Waals surface area (Å²) in [6.07, 6.45) is 0.918. The Morgan fingerprint density at radius 2 is 2.00 bits per heavy atom. The summed E-state index contributed by atoms with van der Waals surface area (Å²) in [5.74, 6) is 0.846. The van der Waals surface area contributed by atoms with Gasteiger partial charge >= 0.3 is 5.97 Å². The number of esters is 1. The SMILES string of the molecule is COC(=O)[C@]1(c2ccccc2)C[C@H]1C(C)C. The highest BCUT2D eigenvalue weighted by Gasteiger charge is 2.62. The van der Waals surface area contributed by atoms with Crippen molar-refractivity contribution in [3.63, 3.8) is 0 Å². The molecule has 0 amide bonds. The van der Waals surface area contributed by atoms with E-state index in [1.807, 2.05) is 30.3 Å². The van der Waals surface area contributed by atoms with Gasteiger partial charge in [0, 0.05) is 0 Å². The normalized spacial score (nSPS) is 27.9. The fraction of sp³-hybridized carbons (Fsp3) is 0.500. The van der Waals surface area contributed by atoms with Crippen LogP contribution in [0.15, 0.2) is 30.3 Å². The predicted octanol–water partition coefficient (Wildman–Crippen LogP) is 2.77. The lowest BCUT2D eigenvalue weighted by molar-refractivity contribution is -0.144. The maximum Gasteiger partial charge on any atom is 0.316 e. The number of hydrogen-bond acceptors (Lipinski definition) is 2. The van der Waals surface area contributed by atoms with Gasteiger partial charge in [-0.2, -0.15) is 0 Å². The molecule has 1 aromatic carbocycles. The molecule has 2 atom stereocenters. The average Bonchev–Trinajstić information content (AvgIpc) is 3.06. The smallest absolute Gasteiger partial charge is 0.316 e. The first-order valence-corrected chi connectivity index (χ1v) is 5.77. The van der Waals surface area contributed by atoms with Gasteiger partial charge in [-0.3, -0.25) is 4.79 Å². The Morgan fingerprint density at radius 1 is 1.38 bits per heavy atom. The minimum Gasteiger partial charge on any atom is -0.468 e. The third-order valence-electron chi connectivity index (χ3n) is 3.66. The molecule has 1 aromatic rings. The van der Waals surface area contributed by atoms with E-state index in [-0.39, 0.29) is 11.4 Å². The first-order valence-electron chi connectivity index (χ1n) is 5.77. The van der Waals surface area contributed by atoms with Crippen molar-refractivity contribution >= 4 is 5.97 Å². The molecule has 0 saturated heterocycles. The van der Waals surface area contributed by atoms with Crippen molar-refractivity contribution in [2.75, 3.05) is 7.11 Å². The zero-order valence-corrected chi connectivity index (χ0v) is 10.1. The Kier molecular flexibility index (Phi) is 2.75. The van der Waals surface area contributed by atoms with Crippen LogP contribution in [0.4, 0.5) is 0 Å². The Labute approximate surface area is 96.6 Å². The number of benzene rings is 1. The molecule has 86 valence electrons. The summed E-state index contributed by atoms with van der Waals surface area (Å²) >= 11 is 0. The van der Waals surface area contributed by atoms with E-state index in [1.54, 1.807) is 0 Å². The number of carbonyl (C=O) groups is 1. The molecule has 2 rings (SSSR count). The lowest BCUT2D eigenvalue weighted by atomic mass is 9.89. The predicted molar refractivity (Wildman–Crippen MR) is 63.1 cm³/mol. The highest BCUT2D eigenvalue weighted by molar-refractivity contribution is 5.87. The summed E-state index contributed by atoms with van der Waals surface area (Å²) in [6, 6.07) is 9.99. The molecule has 0 radical (unpaired) electrons. The van der Waals surface area contributed by atoms with Gasteiger partial charge in [0.1, 0.15) is 0 Å². The summed E-state index contributed by atoms with van der Waals surface area (Å²) in [6.45, 7) is 4.33. The number of hydrogen-bond donors (Lipinski definition) is 0. The van der Waals surface area contributed by atoms with E-state index in [0.717, 1.165) is 12.0 Å². The minimum absolute atomic E-state index is 0.0857. The van der Waals surface area contributed by atoms with Gasteiger partial charge in [0.15, 0.2) is 0 Å². The monoisotopic (exact) mass is 218 g/mol. The molecule has 1 aliphatic carbocycles. The Bertz CT molecular complexity index is 383. The van der Waals surface area contributed by atoms with E-state index in [9.17, 15) is 4.79 Å². The Hall–Kier alpha value is -1.31. The third kappa shape index (κ3) is 1.53. The van der Waals surface area contributed by atoms with Crippen LogP contribution in [0.1, 0.15) is 25.8 Å². The van der Waals surface area contributed by atoms with Crippen LogP contribution < -0.4 is 0 Å². The highest BCUT2D eigenvalue weighted by Crippen LogP contribution is 2.58. The Morgan fingerprint density at radius 3 is 2.44 bits per heavy atom. The highest BCUT2D eigenvalue weighted by atomic mass is 16.5. The van der Waals surface area contributed by atoms with Crippen LogP contribution in [0.25, 0.3) is 0 Å². The van der Waals surface area contributed by atoms with E-state index in [2.05, 4.69) is 13.8 Å². The maximum atomic E-state index is 12.0. The standard InChI is InChI=1S/C14H18O2/c1-10(2)12-9-14(12,13(15)16-3)11-7-5-4-6-8-11/h4-8,10,12H,9H2,1-3H3/t12-,14-/m0/s1. The molecule has 0 spiro atoms. The van der Waals surface area contributed by atoms with Crippen LogP contribution in [0.5, 0.6) is 0 Å². The van der Waals surface area contributed by atoms with Gasteiger partial charge in [-0.1, -0.05) is 44.2 Å². The van der Waals surface area contributed by atoms with E-state index < -0.39 is 0 Å². The molecular formula is C14H18O2. The van der Waals surface area contributed by atoms with Gasteiger partial charge in [0.25, 0.3) is 0 Å². The molecule has 0 N–H and O–H groups in total. The second-order valence-corrected chi connectivity index (χ2v) is 4.88. The lowest BCUT2D eigenvalue weighted by Gasteiger charge is -2.17. The summed E-state index contributed by atoms with van der Waals surface area (Å²) in [5.41, 5.74) is 0.727. The quantitative estimate of drug-likeness (QED) is 0.729. The molecule has 0 heterocycles. The van der Waals surface area contributed by atoms with Crippen molar-refractivity contribution in [3.8, 4) is 0 Å². The number of rotatable bonds is 3. The van der Waals surface area contributed by atoms with Crippen LogP contribution in [0.2, 0.25) is 0 Å². The van der Waals surface area contributed by atoms with Crippen molar-refractivity contribution in [2.45, 2.75) is 25.7 Å². The second-order valence-electron chi connectivity index (χ2n) is 4.88. The molecule has 1 fully saturated rings. The van der Waals surface area contributed by atoms with Gasteiger partial charge < -0.3 is 4.74 Å². The van der Waals surface area contributed by atoms with E-state index in [1.165, 1.54) is 7.11 Å². The lowest BCUT2D eigenvalue weighted by Crippen LogP contribution is -2.25. The largest absolute Gasteiger partial charge is 0.468 e. The maximum absolute atomic E-state index is 12.0. The van der Waals surface area contributed by atoms with Gasteiger partial charge in [-0.15, -0.1) is 0 Å². The number of carbonyl (C=O) groups excluding carboxylic acids is 1. The fourth-order valence-corrected chi connectivity index (χ4v) is 2.69. The van der Waals surface area contributed by atoms with Crippen LogP contribution in [0.3, 0.4) is 0 Å². The molecule has 1 aliphatic rings. The molecule has 0 aliphatic heterocycles. The number of methoxy groups -OCH3 is 1. The molecule has 0 unspecified atom stereocenters. The topological polar surface area (TPSA) is 26.3 Å². The molecular weight excluding hydrogens is 200 g/mol. The van der Waals surface area contributed by atoms with Crippen molar-refractivity contribution < 1.29 is 9.53 Å². The first-order chi connectivity index (χ1) is 7.63. The van der Waals surface area contributed by atoms with Gasteiger partial charge in [0.2, 0.25) is 0 Å². The number of ether oxygens (including phenoxy) is 1. The fourth-order valence-electron chi connectivity index (χ4n) is 2.69. The summed E-state index contributed by atoms with van der Waals surface area (Å²) in [7, 11) is 1.47. The van der Waals surface area contributed by atoms with Crippen molar-refractivity contribution in [2.24, 2.45) is 11.8 Å². The molecule has 2 heteroatoms. The molecule has 16 heavy (non-hydrogen) atoms.